The molecule has 1 aliphatic rings. The quantitative estimate of drug-likeness (QED) is 0.206. The van der Waals surface area contributed by atoms with Crippen LogP contribution in [0.3, 0.4) is 0 Å². The van der Waals surface area contributed by atoms with Crippen LogP contribution >= 0.6 is 24.0 Å². The lowest BCUT2D eigenvalue weighted by molar-refractivity contribution is -0.149. The van der Waals surface area contributed by atoms with Crippen LogP contribution in [0, 0.1) is 5.92 Å². The summed E-state index contributed by atoms with van der Waals surface area (Å²) >= 11 is 0. The van der Waals surface area contributed by atoms with Gasteiger partial charge < -0.3 is 19.7 Å². The summed E-state index contributed by atoms with van der Waals surface area (Å²) in [5.74, 6) is 0.759. The monoisotopic (exact) mass is 441 g/mol. The summed E-state index contributed by atoms with van der Waals surface area (Å²) in [5, 5.41) is 3.38. The maximum atomic E-state index is 11.9. The van der Waals surface area contributed by atoms with Gasteiger partial charge in [-0.1, -0.05) is 0 Å². The van der Waals surface area contributed by atoms with Crippen molar-refractivity contribution >= 4 is 35.9 Å². The molecule has 0 aromatic carbocycles. The zero-order valence-corrected chi connectivity index (χ0v) is 17.0. The van der Waals surface area contributed by atoms with Gasteiger partial charge in [-0.2, -0.15) is 0 Å². The van der Waals surface area contributed by atoms with Gasteiger partial charge in [0.15, 0.2) is 5.96 Å². The molecule has 0 amide bonds. The average molecular weight is 441 g/mol. The van der Waals surface area contributed by atoms with Gasteiger partial charge in [-0.05, 0) is 39.5 Å². The van der Waals surface area contributed by atoms with Gasteiger partial charge in [0.25, 0.3) is 0 Å². The molecule has 1 rings (SSSR count). The molecule has 0 aromatic rings. The van der Waals surface area contributed by atoms with Crippen molar-refractivity contribution in [3.63, 3.8) is 0 Å². The number of carbonyl (C=O) groups is 1. The molecule has 23 heavy (non-hydrogen) atoms. The fourth-order valence-corrected chi connectivity index (χ4v) is 2.63. The number of carbonyl (C=O) groups excluding carboxylic acids is 1. The molecule has 0 aliphatic carbocycles. The predicted molar refractivity (Wildman–Crippen MR) is 103 cm³/mol. The number of rotatable bonds is 8. The molecule has 6 nitrogen and oxygen atoms in total. The molecule has 1 fully saturated rings. The van der Waals surface area contributed by atoms with Gasteiger partial charge in [-0.3, -0.25) is 9.79 Å². The Kier molecular flexibility index (Phi) is 13.5. The van der Waals surface area contributed by atoms with Crippen molar-refractivity contribution in [1.82, 2.24) is 10.2 Å². The number of piperidine rings is 1. The molecule has 0 spiro atoms. The summed E-state index contributed by atoms with van der Waals surface area (Å²) < 4.78 is 10.5. The Hall–Kier alpha value is -0.570. The van der Waals surface area contributed by atoms with Gasteiger partial charge in [0.1, 0.15) is 0 Å². The molecule has 0 saturated carbocycles. The highest BCUT2D eigenvalue weighted by Gasteiger charge is 2.28. The average Bonchev–Trinajstić information content (AvgIpc) is 2.54. The number of unbranched alkanes of at least 4 members (excludes halogenated alkanes) is 1. The maximum absolute atomic E-state index is 11.9. The Bertz CT molecular complexity index is 353. The Morgan fingerprint density at radius 3 is 2.74 bits per heavy atom. The first-order valence-corrected chi connectivity index (χ1v) is 8.42. The summed E-state index contributed by atoms with van der Waals surface area (Å²) in [7, 11) is 1.79. The highest BCUT2D eigenvalue weighted by Crippen LogP contribution is 2.18. The Morgan fingerprint density at radius 2 is 2.09 bits per heavy atom. The molecular formula is C16H32IN3O3. The maximum Gasteiger partial charge on any atom is 0.310 e. The standard InChI is InChI=1S/C16H31N3O3.HI/c1-4-21-12-7-6-10-18-16(17-3)19-11-8-9-14(13-19)15(20)22-5-2;/h14H,4-13H2,1-3H3,(H,17,18);1H. The lowest BCUT2D eigenvalue weighted by Gasteiger charge is -2.33. The third kappa shape index (κ3) is 8.74. The van der Waals surface area contributed by atoms with Crippen LogP contribution in [-0.4, -0.2) is 63.3 Å². The van der Waals surface area contributed by atoms with E-state index < -0.39 is 0 Å². The summed E-state index contributed by atoms with van der Waals surface area (Å²) in [6.45, 7) is 8.40. The number of nitrogens with one attached hydrogen (secondary N) is 1. The SMILES string of the molecule is CCOCCCCNC(=NC)N1CCCC(C(=O)OCC)C1.I. The normalized spacial score (nSPS) is 18.3. The number of nitrogens with zero attached hydrogens (tertiary/aromatic N) is 2. The first kappa shape index (κ1) is 22.4. The first-order valence-electron chi connectivity index (χ1n) is 8.42. The van der Waals surface area contributed by atoms with Crippen molar-refractivity contribution in [2.24, 2.45) is 10.9 Å². The van der Waals surface area contributed by atoms with E-state index in [9.17, 15) is 4.79 Å². The molecule has 136 valence electrons. The van der Waals surface area contributed by atoms with E-state index >= 15 is 0 Å². The Labute approximate surface area is 157 Å². The van der Waals surface area contributed by atoms with E-state index in [0.717, 1.165) is 57.9 Å². The van der Waals surface area contributed by atoms with Crippen molar-refractivity contribution in [3.05, 3.63) is 0 Å². The number of halogens is 1. The number of aliphatic imine (C=N–C) groups is 1. The summed E-state index contributed by atoms with van der Waals surface area (Å²) in [5.41, 5.74) is 0. The molecule has 1 aliphatic heterocycles. The van der Waals surface area contributed by atoms with E-state index in [4.69, 9.17) is 9.47 Å². The third-order valence-electron chi connectivity index (χ3n) is 3.76. The minimum absolute atomic E-state index is 0. The van der Waals surface area contributed by atoms with Crippen LogP contribution in [0.4, 0.5) is 0 Å². The lowest BCUT2D eigenvalue weighted by atomic mass is 9.98. The Morgan fingerprint density at radius 1 is 1.30 bits per heavy atom. The summed E-state index contributed by atoms with van der Waals surface area (Å²) in [6.07, 6.45) is 3.99. The number of likely N-dealkylation sites (tertiary alicyclic amines) is 1. The van der Waals surface area contributed by atoms with Crippen LogP contribution < -0.4 is 5.32 Å². The number of hydrogen-bond acceptors (Lipinski definition) is 4. The molecule has 0 aromatic heterocycles. The number of ether oxygens (including phenoxy) is 2. The van der Waals surface area contributed by atoms with Gasteiger partial charge in [0, 0.05) is 39.9 Å². The molecule has 0 bridgehead atoms. The largest absolute Gasteiger partial charge is 0.466 e. The zero-order valence-electron chi connectivity index (χ0n) is 14.7. The van der Waals surface area contributed by atoms with E-state index in [0.29, 0.717) is 13.2 Å². The summed E-state index contributed by atoms with van der Waals surface area (Å²) in [4.78, 5) is 18.4. The second-order valence-electron chi connectivity index (χ2n) is 5.42. The second-order valence-corrected chi connectivity index (χ2v) is 5.42. The number of hydrogen-bond donors (Lipinski definition) is 1. The zero-order chi connectivity index (χ0) is 16.2. The molecule has 7 heteroatoms. The topological polar surface area (TPSA) is 63.2 Å². The second kappa shape index (κ2) is 13.8. The van der Waals surface area contributed by atoms with Crippen LogP contribution in [0.2, 0.25) is 0 Å². The molecule has 1 atom stereocenters. The van der Waals surface area contributed by atoms with Gasteiger partial charge in [0.05, 0.1) is 12.5 Å². The third-order valence-corrected chi connectivity index (χ3v) is 3.76. The fourth-order valence-electron chi connectivity index (χ4n) is 2.63. The van der Waals surface area contributed by atoms with Crippen molar-refractivity contribution in [3.8, 4) is 0 Å². The van der Waals surface area contributed by atoms with E-state index in [1.165, 1.54) is 0 Å². The lowest BCUT2D eigenvalue weighted by Crippen LogP contribution is -2.48. The van der Waals surface area contributed by atoms with E-state index in [1.807, 2.05) is 13.8 Å². The highest BCUT2D eigenvalue weighted by molar-refractivity contribution is 14.0. The first-order chi connectivity index (χ1) is 10.7. The van der Waals surface area contributed by atoms with Crippen LogP contribution in [0.25, 0.3) is 0 Å². The van der Waals surface area contributed by atoms with E-state index in [-0.39, 0.29) is 35.9 Å². The van der Waals surface area contributed by atoms with E-state index in [2.05, 4.69) is 15.2 Å². The predicted octanol–water partition coefficient (Wildman–Crippen LogP) is 2.27. The molecular weight excluding hydrogens is 409 g/mol. The van der Waals surface area contributed by atoms with Crippen LogP contribution in [0.1, 0.15) is 39.5 Å². The molecule has 1 unspecified atom stereocenters. The minimum atomic E-state index is -0.0839. The molecule has 1 heterocycles. The minimum Gasteiger partial charge on any atom is -0.466 e. The number of guanidine groups is 1. The van der Waals surface area contributed by atoms with Crippen LogP contribution in [0.15, 0.2) is 4.99 Å². The van der Waals surface area contributed by atoms with Gasteiger partial charge >= 0.3 is 5.97 Å². The Balaban J connectivity index is 0.00000484. The van der Waals surface area contributed by atoms with Gasteiger partial charge in [0.2, 0.25) is 0 Å². The molecule has 1 N–H and O–H groups in total. The van der Waals surface area contributed by atoms with Crippen molar-refractivity contribution < 1.29 is 14.3 Å². The van der Waals surface area contributed by atoms with Crippen molar-refractivity contribution in [2.45, 2.75) is 39.5 Å². The van der Waals surface area contributed by atoms with Gasteiger partial charge in [-0.25, -0.2) is 0 Å². The van der Waals surface area contributed by atoms with Crippen molar-refractivity contribution in [2.75, 3.05) is 46.5 Å². The van der Waals surface area contributed by atoms with Crippen molar-refractivity contribution in [1.29, 1.82) is 0 Å². The summed E-state index contributed by atoms with van der Waals surface area (Å²) in [6, 6.07) is 0. The van der Waals surface area contributed by atoms with Crippen LogP contribution in [-0.2, 0) is 14.3 Å². The van der Waals surface area contributed by atoms with E-state index in [1.54, 1.807) is 7.05 Å². The molecule has 1 saturated heterocycles. The smallest absolute Gasteiger partial charge is 0.310 e. The van der Waals surface area contributed by atoms with Crippen LogP contribution in [0.5, 0.6) is 0 Å². The molecule has 0 radical (unpaired) electrons. The van der Waals surface area contributed by atoms with Gasteiger partial charge in [-0.15, -0.1) is 24.0 Å². The fraction of sp³-hybridized carbons (Fsp3) is 0.875. The number of esters is 1. The highest BCUT2D eigenvalue weighted by atomic mass is 127.